The van der Waals surface area contributed by atoms with E-state index in [1.807, 2.05) is 0 Å². The van der Waals surface area contributed by atoms with Gasteiger partial charge >= 0.3 is 0 Å². The topological polar surface area (TPSA) is 67.4 Å². The van der Waals surface area contributed by atoms with Crippen molar-refractivity contribution in [2.75, 3.05) is 25.6 Å². The van der Waals surface area contributed by atoms with Crippen LogP contribution in [0.5, 0.6) is 0 Å². The Morgan fingerprint density at radius 2 is 2.11 bits per heavy atom. The lowest BCUT2D eigenvalue weighted by atomic mass is 10.2. The summed E-state index contributed by atoms with van der Waals surface area (Å²) in [6.45, 7) is 2.61. The fourth-order valence-corrected chi connectivity index (χ4v) is 1.53. The van der Waals surface area contributed by atoms with Crippen LogP contribution in [0.2, 0.25) is 5.02 Å². The summed E-state index contributed by atoms with van der Waals surface area (Å²) in [5.41, 5.74) is 0.875. The summed E-state index contributed by atoms with van der Waals surface area (Å²) in [6.07, 6.45) is 0.348. The molecule has 0 aliphatic rings. The second-order valence-electron chi connectivity index (χ2n) is 3.85. The van der Waals surface area contributed by atoms with Crippen molar-refractivity contribution >= 4 is 29.1 Å². The maximum absolute atomic E-state index is 11.8. The van der Waals surface area contributed by atoms with Gasteiger partial charge < -0.3 is 15.4 Å². The van der Waals surface area contributed by atoms with Crippen LogP contribution in [0.15, 0.2) is 18.2 Å². The van der Waals surface area contributed by atoms with Crippen LogP contribution < -0.4 is 10.6 Å². The number of carbonyl (C=O) groups is 2. The average molecular weight is 285 g/mol. The van der Waals surface area contributed by atoms with E-state index in [1.54, 1.807) is 32.2 Å². The number of carbonyl (C=O) groups excluding carboxylic acids is 2. The van der Waals surface area contributed by atoms with E-state index in [1.165, 1.54) is 0 Å². The van der Waals surface area contributed by atoms with Crippen LogP contribution in [0.3, 0.4) is 0 Å². The van der Waals surface area contributed by atoms with Gasteiger partial charge in [-0.3, -0.25) is 9.59 Å². The van der Waals surface area contributed by atoms with Gasteiger partial charge in [-0.05, 0) is 18.2 Å². The summed E-state index contributed by atoms with van der Waals surface area (Å²) in [5, 5.41) is 5.74. The van der Waals surface area contributed by atoms with Crippen molar-refractivity contribution in [1.29, 1.82) is 0 Å². The molecule has 0 saturated heterocycles. The molecule has 2 amide bonds. The van der Waals surface area contributed by atoms with Gasteiger partial charge in [-0.1, -0.05) is 18.5 Å². The largest absolute Gasteiger partial charge is 0.383 e. The number of nitrogens with one attached hydrogen (secondary N) is 2. The van der Waals surface area contributed by atoms with Crippen molar-refractivity contribution in [2.45, 2.75) is 13.3 Å². The van der Waals surface area contributed by atoms with Gasteiger partial charge in [0.25, 0.3) is 5.91 Å². The maximum Gasteiger partial charge on any atom is 0.251 e. The molecule has 0 fully saturated rings. The van der Waals surface area contributed by atoms with Crippen LogP contribution in [0.25, 0.3) is 0 Å². The summed E-state index contributed by atoms with van der Waals surface area (Å²) in [5.74, 6) is -0.389. The third-order valence-electron chi connectivity index (χ3n) is 2.42. The van der Waals surface area contributed by atoms with E-state index in [0.717, 1.165) is 0 Å². The van der Waals surface area contributed by atoms with Crippen molar-refractivity contribution in [3.05, 3.63) is 28.8 Å². The standard InChI is InChI=1S/C13H17ClN2O3/c1-3-12(17)16-11-8-9(4-5-10(11)14)13(18)15-6-7-19-2/h4-5,8H,3,6-7H2,1-2H3,(H,15,18)(H,16,17). The van der Waals surface area contributed by atoms with Crippen molar-refractivity contribution in [3.8, 4) is 0 Å². The van der Waals surface area contributed by atoms with Crippen molar-refractivity contribution in [2.24, 2.45) is 0 Å². The molecule has 104 valence electrons. The van der Waals surface area contributed by atoms with Crippen molar-refractivity contribution in [1.82, 2.24) is 5.32 Å². The summed E-state index contributed by atoms with van der Waals surface area (Å²) < 4.78 is 4.85. The van der Waals surface area contributed by atoms with Crippen LogP contribution >= 0.6 is 11.6 Å². The second-order valence-corrected chi connectivity index (χ2v) is 4.25. The van der Waals surface area contributed by atoms with Gasteiger partial charge in [-0.25, -0.2) is 0 Å². The Bertz CT molecular complexity index is 463. The van der Waals surface area contributed by atoms with Gasteiger partial charge in [0.05, 0.1) is 17.3 Å². The molecule has 1 aromatic rings. The van der Waals surface area contributed by atoms with E-state index in [-0.39, 0.29) is 11.8 Å². The number of anilines is 1. The van der Waals surface area contributed by atoms with E-state index in [9.17, 15) is 9.59 Å². The molecule has 0 atom stereocenters. The molecule has 0 unspecified atom stereocenters. The predicted molar refractivity (Wildman–Crippen MR) is 74.6 cm³/mol. The predicted octanol–water partition coefficient (Wildman–Crippen LogP) is 2.06. The van der Waals surface area contributed by atoms with Gasteiger partial charge in [0.1, 0.15) is 0 Å². The Kier molecular flexibility index (Phi) is 6.32. The Morgan fingerprint density at radius 1 is 1.37 bits per heavy atom. The van der Waals surface area contributed by atoms with Crippen LogP contribution in [0.4, 0.5) is 5.69 Å². The second kappa shape index (κ2) is 7.76. The van der Waals surface area contributed by atoms with E-state index >= 15 is 0 Å². The van der Waals surface area contributed by atoms with Crippen LogP contribution in [-0.4, -0.2) is 32.1 Å². The van der Waals surface area contributed by atoms with E-state index in [0.29, 0.717) is 35.8 Å². The van der Waals surface area contributed by atoms with Gasteiger partial charge in [0.2, 0.25) is 5.91 Å². The summed E-state index contributed by atoms with van der Waals surface area (Å²) in [4.78, 5) is 23.2. The highest BCUT2D eigenvalue weighted by atomic mass is 35.5. The highest BCUT2D eigenvalue weighted by Gasteiger charge is 2.10. The number of amides is 2. The first-order valence-electron chi connectivity index (χ1n) is 5.95. The molecule has 1 rings (SSSR count). The van der Waals surface area contributed by atoms with Crippen LogP contribution in [0, 0.1) is 0 Å². The van der Waals surface area contributed by atoms with Gasteiger partial charge in [-0.15, -0.1) is 0 Å². The number of ether oxygens (including phenoxy) is 1. The first kappa shape index (κ1) is 15.5. The minimum atomic E-state index is -0.235. The molecule has 0 saturated carbocycles. The average Bonchev–Trinajstić information content (AvgIpc) is 2.41. The highest BCUT2D eigenvalue weighted by molar-refractivity contribution is 6.33. The van der Waals surface area contributed by atoms with Crippen molar-refractivity contribution < 1.29 is 14.3 Å². The Labute approximate surface area is 117 Å². The SMILES string of the molecule is CCC(=O)Nc1cc(C(=O)NCCOC)ccc1Cl. The lowest BCUT2D eigenvalue weighted by Crippen LogP contribution is -2.27. The van der Waals surface area contributed by atoms with E-state index in [4.69, 9.17) is 16.3 Å². The number of methoxy groups -OCH3 is 1. The Balaban J connectivity index is 2.77. The first-order valence-corrected chi connectivity index (χ1v) is 6.32. The summed E-state index contributed by atoms with van der Waals surface area (Å²) in [6, 6.07) is 4.74. The first-order chi connectivity index (χ1) is 9.08. The number of rotatable bonds is 6. The molecule has 6 heteroatoms. The normalized spacial score (nSPS) is 10.1. The van der Waals surface area contributed by atoms with E-state index < -0.39 is 0 Å². The molecule has 19 heavy (non-hydrogen) atoms. The van der Waals surface area contributed by atoms with Gasteiger partial charge in [0, 0.05) is 25.6 Å². The Hall–Kier alpha value is -1.59. The molecule has 0 heterocycles. The minimum Gasteiger partial charge on any atom is -0.383 e. The fourth-order valence-electron chi connectivity index (χ4n) is 1.37. The number of benzene rings is 1. The highest BCUT2D eigenvalue weighted by Crippen LogP contribution is 2.23. The lowest BCUT2D eigenvalue weighted by molar-refractivity contribution is -0.115. The molecule has 0 aliphatic heterocycles. The summed E-state index contributed by atoms with van der Waals surface area (Å²) in [7, 11) is 1.56. The quantitative estimate of drug-likeness (QED) is 0.786. The monoisotopic (exact) mass is 284 g/mol. The number of halogens is 1. The van der Waals surface area contributed by atoms with Crippen molar-refractivity contribution in [3.63, 3.8) is 0 Å². The molecule has 1 aromatic carbocycles. The Morgan fingerprint density at radius 3 is 2.74 bits per heavy atom. The fraction of sp³-hybridized carbons (Fsp3) is 0.385. The maximum atomic E-state index is 11.8. The third kappa shape index (κ3) is 4.89. The van der Waals surface area contributed by atoms with E-state index in [2.05, 4.69) is 10.6 Å². The minimum absolute atomic E-state index is 0.154. The molecule has 2 N–H and O–H groups in total. The number of hydrogen-bond donors (Lipinski definition) is 2. The molecule has 0 aromatic heterocycles. The zero-order valence-corrected chi connectivity index (χ0v) is 11.7. The zero-order chi connectivity index (χ0) is 14.3. The molecule has 0 aliphatic carbocycles. The zero-order valence-electron chi connectivity index (χ0n) is 11.0. The molecule has 0 spiro atoms. The molecule has 5 nitrogen and oxygen atoms in total. The molecule has 0 bridgehead atoms. The lowest BCUT2D eigenvalue weighted by Gasteiger charge is -2.09. The smallest absolute Gasteiger partial charge is 0.251 e. The van der Waals surface area contributed by atoms with Gasteiger partial charge in [0.15, 0.2) is 0 Å². The summed E-state index contributed by atoms with van der Waals surface area (Å²) >= 11 is 5.96. The van der Waals surface area contributed by atoms with Crippen LogP contribution in [-0.2, 0) is 9.53 Å². The number of hydrogen-bond acceptors (Lipinski definition) is 3. The third-order valence-corrected chi connectivity index (χ3v) is 2.75. The molecule has 0 radical (unpaired) electrons. The van der Waals surface area contributed by atoms with Gasteiger partial charge in [-0.2, -0.15) is 0 Å². The molecular formula is C13H17ClN2O3. The molecular weight excluding hydrogens is 268 g/mol. The van der Waals surface area contributed by atoms with Crippen LogP contribution in [0.1, 0.15) is 23.7 Å².